The zero-order chi connectivity index (χ0) is 26.8. The fourth-order valence-electron chi connectivity index (χ4n) is 4.66. The third-order valence-electron chi connectivity index (χ3n) is 6.57. The second-order valence-corrected chi connectivity index (χ2v) is 11.0. The summed E-state index contributed by atoms with van der Waals surface area (Å²) < 4.78 is 0. The summed E-state index contributed by atoms with van der Waals surface area (Å²) in [5.41, 5.74) is 9.52. The van der Waals surface area contributed by atoms with Gasteiger partial charge in [0.2, 0.25) is 23.6 Å². The highest BCUT2D eigenvalue weighted by molar-refractivity contribution is 5.94. The minimum absolute atomic E-state index is 0.179. The van der Waals surface area contributed by atoms with Crippen LogP contribution in [0, 0.1) is 17.8 Å². The summed E-state index contributed by atoms with van der Waals surface area (Å²) in [4.78, 5) is 50.9. The topological polar surface area (TPSA) is 177 Å². The van der Waals surface area contributed by atoms with E-state index in [0.717, 1.165) is 32.1 Å². The average Bonchev–Trinajstić information content (AvgIpc) is 2.75. The zero-order valence-corrected chi connectivity index (χ0v) is 22.1. The van der Waals surface area contributed by atoms with Gasteiger partial charge >= 0.3 is 0 Å². The van der Waals surface area contributed by atoms with Crippen molar-refractivity contribution in [3.05, 3.63) is 0 Å². The molecule has 1 aliphatic carbocycles. The van der Waals surface area contributed by atoms with Crippen LogP contribution in [0.2, 0.25) is 0 Å². The van der Waals surface area contributed by atoms with Crippen molar-refractivity contribution in [2.24, 2.45) is 29.2 Å². The van der Waals surface area contributed by atoms with Crippen molar-refractivity contribution in [2.45, 2.75) is 110 Å². The molecule has 0 spiro atoms. The lowest BCUT2D eigenvalue weighted by molar-refractivity contribution is -0.136. The van der Waals surface area contributed by atoms with E-state index in [1.54, 1.807) is 0 Å². The Morgan fingerprint density at radius 2 is 1.46 bits per heavy atom. The maximum absolute atomic E-state index is 13.2. The Hall–Kier alpha value is -2.20. The maximum atomic E-state index is 13.2. The van der Waals surface area contributed by atoms with Gasteiger partial charge < -0.3 is 32.5 Å². The summed E-state index contributed by atoms with van der Waals surface area (Å²) in [5.74, 6) is -1.92. The summed E-state index contributed by atoms with van der Waals surface area (Å²) >= 11 is 0. The molecule has 10 nitrogen and oxygen atoms in total. The summed E-state index contributed by atoms with van der Waals surface area (Å²) in [6, 6.07) is -3.15. The number of hydrogen-bond donors (Lipinski definition) is 6. The summed E-state index contributed by atoms with van der Waals surface area (Å²) in [6.45, 7) is 8.79. The Morgan fingerprint density at radius 3 is 1.94 bits per heavy atom. The van der Waals surface area contributed by atoms with E-state index in [-0.39, 0.29) is 30.7 Å². The molecule has 0 radical (unpaired) electrons. The van der Waals surface area contributed by atoms with E-state index in [1.165, 1.54) is 13.8 Å². The molecule has 0 aromatic rings. The van der Waals surface area contributed by atoms with E-state index < -0.39 is 41.4 Å². The van der Waals surface area contributed by atoms with E-state index in [0.29, 0.717) is 18.8 Å². The van der Waals surface area contributed by atoms with Crippen LogP contribution in [0.25, 0.3) is 0 Å². The first kappa shape index (κ1) is 30.8. The molecule has 0 aliphatic heterocycles. The standard InChI is InChI=1S/C25H47N5O5/c1-15(2)13-16(3)22(32)28-18(11-12-26)23(33)29-19(14-17-9-7-6-8-10-17)24(34)30-20(21(27)31)25(4,5)35/h15-20,35H,6-14,26H2,1-5H3,(H2,27,31)(H,28,32)(H,29,33)(H,30,34)/t16-,18+,19+,20-/m1/s1. The Kier molecular flexibility index (Phi) is 12.7. The molecule has 4 atom stereocenters. The van der Waals surface area contributed by atoms with Crippen molar-refractivity contribution in [3.63, 3.8) is 0 Å². The number of nitrogens with one attached hydrogen (secondary N) is 3. The molecule has 202 valence electrons. The molecule has 1 rings (SSSR count). The Bertz CT molecular complexity index is 716. The van der Waals surface area contributed by atoms with Gasteiger partial charge in [-0.15, -0.1) is 0 Å². The number of hydrogen-bond acceptors (Lipinski definition) is 6. The van der Waals surface area contributed by atoms with Gasteiger partial charge in [-0.1, -0.05) is 52.9 Å². The molecular formula is C25H47N5O5. The van der Waals surface area contributed by atoms with Crippen molar-refractivity contribution in [3.8, 4) is 0 Å². The quantitative estimate of drug-likeness (QED) is 0.206. The van der Waals surface area contributed by atoms with Crippen LogP contribution in [0.15, 0.2) is 0 Å². The molecule has 0 unspecified atom stereocenters. The van der Waals surface area contributed by atoms with Gasteiger partial charge in [0.15, 0.2) is 0 Å². The Balaban J connectivity index is 3.03. The van der Waals surface area contributed by atoms with E-state index in [9.17, 15) is 24.3 Å². The van der Waals surface area contributed by atoms with Crippen molar-refractivity contribution < 1.29 is 24.3 Å². The Morgan fingerprint density at radius 1 is 0.914 bits per heavy atom. The molecule has 0 saturated heterocycles. The van der Waals surface area contributed by atoms with Crippen LogP contribution in [-0.2, 0) is 19.2 Å². The van der Waals surface area contributed by atoms with Gasteiger partial charge in [0, 0.05) is 5.92 Å². The molecule has 10 heteroatoms. The monoisotopic (exact) mass is 497 g/mol. The van der Waals surface area contributed by atoms with Crippen LogP contribution in [0.3, 0.4) is 0 Å². The lowest BCUT2D eigenvalue weighted by Crippen LogP contribution is -2.61. The van der Waals surface area contributed by atoms with Gasteiger partial charge in [0.1, 0.15) is 18.1 Å². The molecule has 1 saturated carbocycles. The van der Waals surface area contributed by atoms with E-state index in [4.69, 9.17) is 11.5 Å². The van der Waals surface area contributed by atoms with E-state index >= 15 is 0 Å². The van der Waals surface area contributed by atoms with Crippen LogP contribution in [0.4, 0.5) is 0 Å². The molecule has 0 bridgehead atoms. The normalized spacial score (nSPS) is 18.3. The lowest BCUT2D eigenvalue weighted by Gasteiger charge is -2.32. The summed E-state index contributed by atoms with van der Waals surface area (Å²) in [5, 5.41) is 18.4. The second kappa shape index (κ2) is 14.4. The molecule has 4 amide bonds. The SMILES string of the molecule is CC(C)C[C@@H](C)C(=O)N[C@@H](CCN)C(=O)N[C@@H](CC1CCCCC1)C(=O)N[C@H](C(N)=O)C(C)(C)O. The van der Waals surface area contributed by atoms with E-state index in [2.05, 4.69) is 16.0 Å². The first-order valence-electron chi connectivity index (χ1n) is 12.9. The molecule has 1 aliphatic rings. The number of amides is 4. The van der Waals surface area contributed by atoms with Gasteiger partial charge in [-0.05, 0) is 51.5 Å². The molecule has 8 N–H and O–H groups in total. The molecule has 0 aromatic carbocycles. The smallest absolute Gasteiger partial charge is 0.243 e. The maximum Gasteiger partial charge on any atom is 0.243 e. The van der Waals surface area contributed by atoms with Gasteiger partial charge in [0.05, 0.1) is 5.60 Å². The van der Waals surface area contributed by atoms with Crippen LogP contribution in [-0.4, -0.2) is 59.0 Å². The number of carbonyl (C=O) groups is 4. The Labute approximate surface area is 209 Å². The third kappa shape index (κ3) is 10.9. The first-order valence-corrected chi connectivity index (χ1v) is 12.9. The highest BCUT2D eigenvalue weighted by Gasteiger charge is 2.36. The average molecular weight is 498 g/mol. The van der Waals surface area contributed by atoms with Crippen molar-refractivity contribution in [2.75, 3.05) is 6.54 Å². The van der Waals surface area contributed by atoms with Gasteiger partial charge in [-0.2, -0.15) is 0 Å². The number of aliphatic hydroxyl groups is 1. The molecule has 1 fully saturated rings. The molecular weight excluding hydrogens is 450 g/mol. The third-order valence-corrected chi connectivity index (χ3v) is 6.57. The van der Waals surface area contributed by atoms with Gasteiger partial charge in [-0.25, -0.2) is 0 Å². The first-order chi connectivity index (χ1) is 16.3. The van der Waals surface area contributed by atoms with Crippen molar-refractivity contribution in [1.29, 1.82) is 0 Å². The van der Waals surface area contributed by atoms with Crippen molar-refractivity contribution in [1.82, 2.24) is 16.0 Å². The number of nitrogens with two attached hydrogens (primary N) is 2. The number of primary amides is 1. The predicted octanol–water partition coefficient (Wildman–Crippen LogP) is 0.698. The second-order valence-electron chi connectivity index (χ2n) is 11.0. The number of carbonyl (C=O) groups excluding carboxylic acids is 4. The zero-order valence-electron chi connectivity index (χ0n) is 22.1. The predicted molar refractivity (Wildman–Crippen MR) is 135 cm³/mol. The van der Waals surface area contributed by atoms with Crippen LogP contribution < -0.4 is 27.4 Å². The summed E-state index contributed by atoms with van der Waals surface area (Å²) in [7, 11) is 0. The summed E-state index contributed by atoms with van der Waals surface area (Å²) in [6.07, 6.45) is 6.43. The lowest BCUT2D eigenvalue weighted by atomic mass is 9.84. The number of rotatable bonds is 14. The van der Waals surface area contributed by atoms with Gasteiger partial charge in [0.25, 0.3) is 0 Å². The minimum atomic E-state index is -1.58. The fourth-order valence-corrected chi connectivity index (χ4v) is 4.66. The van der Waals surface area contributed by atoms with Crippen molar-refractivity contribution >= 4 is 23.6 Å². The minimum Gasteiger partial charge on any atom is -0.388 e. The highest BCUT2D eigenvalue weighted by Crippen LogP contribution is 2.27. The largest absolute Gasteiger partial charge is 0.388 e. The van der Waals surface area contributed by atoms with Crippen LogP contribution in [0.1, 0.15) is 86.0 Å². The fraction of sp³-hybridized carbons (Fsp3) is 0.840. The molecule has 0 heterocycles. The van der Waals surface area contributed by atoms with E-state index in [1.807, 2.05) is 20.8 Å². The van der Waals surface area contributed by atoms with Crippen LogP contribution >= 0.6 is 0 Å². The van der Waals surface area contributed by atoms with Gasteiger partial charge in [-0.3, -0.25) is 19.2 Å². The van der Waals surface area contributed by atoms with Crippen LogP contribution in [0.5, 0.6) is 0 Å². The molecule has 35 heavy (non-hydrogen) atoms. The highest BCUT2D eigenvalue weighted by atomic mass is 16.3. The molecule has 0 aromatic heterocycles.